The van der Waals surface area contributed by atoms with Gasteiger partial charge in [0.25, 0.3) is 0 Å². The highest BCUT2D eigenvalue weighted by molar-refractivity contribution is 5.73. The number of rotatable bonds is 4. The Labute approximate surface area is 88.9 Å². The van der Waals surface area contributed by atoms with Gasteiger partial charge < -0.3 is 10.4 Å². The number of nitrogens with one attached hydrogen (secondary N) is 1. The second-order valence-electron chi connectivity index (χ2n) is 2.99. The Morgan fingerprint density at radius 1 is 1.62 bits per heavy atom. The van der Waals surface area contributed by atoms with Crippen molar-refractivity contribution in [1.29, 1.82) is 0 Å². The molecule has 0 bridgehead atoms. The van der Waals surface area contributed by atoms with Crippen LogP contribution in [0.4, 0.5) is 18.9 Å². The largest absolute Gasteiger partial charge is 0.480 e. The lowest BCUT2D eigenvalue weighted by molar-refractivity contribution is -0.141. The van der Waals surface area contributed by atoms with Gasteiger partial charge in [-0.05, 0) is 6.92 Å². The number of carbonyl (C=O) groups is 1. The summed E-state index contributed by atoms with van der Waals surface area (Å²) in [7, 11) is 0. The molecule has 0 fully saturated rings. The molecule has 1 aromatic heterocycles. The fourth-order valence-corrected chi connectivity index (χ4v) is 1.09. The fourth-order valence-electron chi connectivity index (χ4n) is 1.09. The minimum Gasteiger partial charge on any atom is -0.480 e. The molecule has 0 aromatic carbocycles. The summed E-state index contributed by atoms with van der Waals surface area (Å²) in [6.45, 7) is 1.32. The van der Waals surface area contributed by atoms with E-state index < -0.39 is 24.4 Å². The highest BCUT2D eigenvalue weighted by Crippen LogP contribution is 2.33. The topological polar surface area (TPSA) is 67.2 Å². The van der Waals surface area contributed by atoms with Crippen molar-refractivity contribution in [1.82, 2.24) is 9.78 Å². The van der Waals surface area contributed by atoms with Gasteiger partial charge in [0.2, 0.25) is 0 Å². The molecule has 1 aromatic rings. The van der Waals surface area contributed by atoms with Crippen molar-refractivity contribution < 1.29 is 23.1 Å². The molecule has 0 saturated heterocycles. The average molecular weight is 237 g/mol. The van der Waals surface area contributed by atoms with Crippen LogP contribution in [0.25, 0.3) is 0 Å². The Morgan fingerprint density at radius 3 is 2.69 bits per heavy atom. The van der Waals surface area contributed by atoms with Gasteiger partial charge in [-0.3, -0.25) is 9.48 Å². The number of hydrogen-bond acceptors (Lipinski definition) is 3. The fraction of sp³-hybridized carbons (Fsp3) is 0.500. The zero-order valence-corrected chi connectivity index (χ0v) is 8.38. The molecule has 0 atom stereocenters. The number of aryl methyl sites for hydroxylation is 1. The molecule has 16 heavy (non-hydrogen) atoms. The summed E-state index contributed by atoms with van der Waals surface area (Å²) >= 11 is 0. The number of carboxylic acid groups (broad SMARTS) is 1. The van der Waals surface area contributed by atoms with E-state index in [2.05, 4.69) is 10.4 Å². The standard InChI is InChI=1S/C8H10F3N3O2/c1-2-14-4-5(12-3-6(15)16)7(13-14)8(9,10)11/h4,12H,2-3H2,1H3,(H,15,16). The Bertz CT molecular complexity index is 386. The zero-order chi connectivity index (χ0) is 12.3. The molecule has 0 aliphatic carbocycles. The number of carboxylic acids is 1. The van der Waals surface area contributed by atoms with Crippen LogP contribution in [-0.2, 0) is 17.5 Å². The van der Waals surface area contributed by atoms with E-state index in [0.717, 1.165) is 10.9 Å². The molecule has 1 heterocycles. The van der Waals surface area contributed by atoms with Crippen molar-refractivity contribution in [2.24, 2.45) is 0 Å². The van der Waals surface area contributed by atoms with E-state index in [1.54, 1.807) is 6.92 Å². The summed E-state index contributed by atoms with van der Waals surface area (Å²) in [5, 5.41) is 13.8. The van der Waals surface area contributed by atoms with E-state index in [0.29, 0.717) is 0 Å². The molecule has 0 amide bonds. The maximum Gasteiger partial charge on any atom is 0.437 e. The highest BCUT2D eigenvalue weighted by atomic mass is 19.4. The van der Waals surface area contributed by atoms with Gasteiger partial charge in [0.1, 0.15) is 6.54 Å². The van der Waals surface area contributed by atoms with Gasteiger partial charge in [-0.2, -0.15) is 18.3 Å². The third-order valence-corrected chi connectivity index (χ3v) is 1.78. The highest BCUT2D eigenvalue weighted by Gasteiger charge is 2.37. The van der Waals surface area contributed by atoms with Gasteiger partial charge in [-0.15, -0.1) is 0 Å². The third kappa shape index (κ3) is 2.88. The molecule has 0 saturated carbocycles. The van der Waals surface area contributed by atoms with E-state index >= 15 is 0 Å². The summed E-state index contributed by atoms with van der Waals surface area (Å²) in [6, 6.07) is 0. The molecular weight excluding hydrogens is 227 g/mol. The van der Waals surface area contributed by atoms with Crippen molar-refractivity contribution in [3.63, 3.8) is 0 Å². The van der Waals surface area contributed by atoms with E-state index in [1.807, 2.05) is 0 Å². The quantitative estimate of drug-likeness (QED) is 0.831. The predicted molar refractivity (Wildman–Crippen MR) is 49.0 cm³/mol. The Kier molecular flexibility index (Phi) is 3.41. The Morgan fingerprint density at radius 2 is 2.25 bits per heavy atom. The second-order valence-corrected chi connectivity index (χ2v) is 2.99. The monoisotopic (exact) mass is 237 g/mol. The Hall–Kier alpha value is -1.73. The maximum absolute atomic E-state index is 12.5. The van der Waals surface area contributed by atoms with Gasteiger partial charge in [0.05, 0.1) is 5.69 Å². The van der Waals surface area contributed by atoms with Crippen LogP contribution in [0.2, 0.25) is 0 Å². The van der Waals surface area contributed by atoms with Crippen LogP contribution in [0.1, 0.15) is 12.6 Å². The molecule has 1 rings (SSSR count). The van der Waals surface area contributed by atoms with Gasteiger partial charge in [0.15, 0.2) is 5.69 Å². The molecule has 0 unspecified atom stereocenters. The van der Waals surface area contributed by atoms with Crippen LogP contribution in [-0.4, -0.2) is 27.4 Å². The first-order chi connectivity index (χ1) is 7.34. The van der Waals surface area contributed by atoms with Gasteiger partial charge >= 0.3 is 12.1 Å². The maximum atomic E-state index is 12.5. The molecule has 5 nitrogen and oxygen atoms in total. The molecule has 0 spiro atoms. The number of hydrogen-bond donors (Lipinski definition) is 2. The molecule has 2 N–H and O–H groups in total. The zero-order valence-electron chi connectivity index (χ0n) is 8.38. The molecule has 8 heteroatoms. The average Bonchev–Trinajstić information content (AvgIpc) is 2.57. The molecule has 0 aliphatic heterocycles. The molecule has 90 valence electrons. The van der Waals surface area contributed by atoms with E-state index in [1.165, 1.54) is 0 Å². The first kappa shape index (κ1) is 12.3. The molecule has 0 radical (unpaired) electrons. The SMILES string of the molecule is CCn1cc(NCC(=O)O)c(C(F)(F)F)n1. The van der Waals surface area contributed by atoms with Crippen LogP contribution in [0.5, 0.6) is 0 Å². The number of aliphatic carboxylic acids is 1. The first-order valence-electron chi connectivity index (χ1n) is 4.45. The van der Waals surface area contributed by atoms with Crippen molar-refractivity contribution >= 4 is 11.7 Å². The smallest absolute Gasteiger partial charge is 0.437 e. The van der Waals surface area contributed by atoms with Gasteiger partial charge in [-0.1, -0.05) is 0 Å². The van der Waals surface area contributed by atoms with Crippen molar-refractivity contribution in [2.75, 3.05) is 11.9 Å². The Balaban J connectivity index is 2.96. The summed E-state index contributed by atoms with van der Waals surface area (Å²) < 4.78 is 38.5. The summed E-state index contributed by atoms with van der Waals surface area (Å²) in [5.74, 6) is -1.24. The van der Waals surface area contributed by atoms with Crippen molar-refractivity contribution in [3.05, 3.63) is 11.9 Å². The number of aromatic nitrogens is 2. The van der Waals surface area contributed by atoms with Gasteiger partial charge in [-0.25, -0.2) is 0 Å². The normalized spacial score (nSPS) is 11.5. The number of nitrogens with zero attached hydrogens (tertiary/aromatic N) is 2. The first-order valence-corrected chi connectivity index (χ1v) is 4.45. The van der Waals surface area contributed by atoms with E-state index in [-0.39, 0.29) is 12.2 Å². The van der Waals surface area contributed by atoms with E-state index in [4.69, 9.17) is 5.11 Å². The minimum absolute atomic E-state index is 0.276. The summed E-state index contributed by atoms with van der Waals surface area (Å²) in [6.07, 6.45) is -3.47. The van der Waals surface area contributed by atoms with Crippen LogP contribution >= 0.6 is 0 Å². The lowest BCUT2D eigenvalue weighted by Gasteiger charge is -2.06. The molecular formula is C8H10F3N3O2. The second kappa shape index (κ2) is 4.42. The number of alkyl halides is 3. The van der Waals surface area contributed by atoms with Crippen LogP contribution in [0, 0.1) is 0 Å². The van der Waals surface area contributed by atoms with E-state index in [9.17, 15) is 18.0 Å². The molecule has 0 aliphatic rings. The van der Waals surface area contributed by atoms with Crippen LogP contribution < -0.4 is 5.32 Å². The lowest BCUT2D eigenvalue weighted by Crippen LogP contribution is -2.15. The number of halogens is 3. The third-order valence-electron chi connectivity index (χ3n) is 1.78. The van der Waals surface area contributed by atoms with Crippen molar-refractivity contribution in [3.8, 4) is 0 Å². The minimum atomic E-state index is -4.60. The van der Waals surface area contributed by atoms with Gasteiger partial charge in [0, 0.05) is 12.7 Å². The predicted octanol–water partition coefficient (Wildman–Crippen LogP) is 1.42. The van der Waals surface area contributed by atoms with Crippen LogP contribution in [0.3, 0.4) is 0 Å². The summed E-state index contributed by atoms with van der Waals surface area (Å²) in [4.78, 5) is 10.2. The summed E-state index contributed by atoms with van der Waals surface area (Å²) in [5.41, 5.74) is -1.42. The van der Waals surface area contributed by atoms with Crippen LogP contribution in [0.15, 0.2) is 6.20 Å². The lowest BCUT2D eigenvalue weighted by atomic mass is 10.3. The number of anilines is 1. The van der Waals surface area contributed by atoms with Crippen molar-refractivity contribution in [2.45, 2.75) is 19.6 Å².